The molecular weight excluding hydrogens is 342 g/mol. The number of nitrogens with one attached hydrogen (secondary N) is 1. The van der Waals surface area contributed by atoms with E-state index in [-0.39, 0.29) is 30.3 Å². The van der Waals surface area contributed by atoms with Gasteiger partial charge < -0.3 is 10.2 Å². The highest BCUT2D eigenvalue weighted by atomic mass is 16.2. The van der Waals surface area contributed by atoms with Gasteiger partial charge in [-0.05, 0) is 57.4 Å². The van der Waals surface area contributed by atoms with Gasteiger partial charge in [0.15, 0.2) is 0 Å². The van der Waals surface area contributed by atoms with Crippen LogP contribution in [0, 0.1) is 12.8 Å². The summed E-state index contributed by atoms with van der Waals surface area (Å²) in [6, 6.07) is 8.09. The Morgan fingerprint density at radius 2 is 1.89 bits per heavy atom. The summed E-state index contributed by atoms with van der Waals surface area (Å²) < 4.78 is 0. The van der Waals surface area contributed by atoms with Gasteiger partial charge in [-0.2, -0.15) is 0 Å². The number of urea groups is 1. The van der Waals surface area contributed by atoms with Crippen molar-refractivity contribution >= 4 is 17.8 Å². The summed E-state index contributed by atoms with van der Waals surface area (Å²) in [7, 11) is 0. The first-order valence-electron chi connectivity index (χ1n) is 9.87. The van der Waals surface area contributed by atoms with Crippen molar-refractivity contribution in [2.75, 3.05) is 13.1 Å². The highest BCUT2D eigenvalue weighted by molar-refractivity contribution is 6.09. The molecule has 1 saturated carbocycles. The normalized spacial score (nSPS) is 28.0. The second-order valence-corrected chi connectivity index (χ2v) is 8.37. The lowest BCUT2D eigenvalue weighted by Gasteiger charge is -2.27. The molecule has 2 heterocycles. The number of rotatable bonds is 5. The Hall–Kier alpha value is -2.37. The van der Waals surface area contributed by atoms with Crippen LogP contribution in [0.1, 0.15) is 43.7 Å². The Labute approximate surface area is 159 Å². The highest BCUT2D eigenvalue weighted by Crippen LogP contribution is 2.42. The molecule has 4 amide bonds. The summed E-state index contributed by atoms with van der Waals surface area (Å²) in [5.41, 5.74) is 1.60. The zero-order valence-electron chi connectivity index (χ0n) is 16.0. The van der Waals surface area contributed by atoms with Crippen LogP contribution in [0.2, 0.25) is 0 Å². The van der Waals surface area contributed by atoms with E-state index in [1.165, 1.54) is 11.1 Å². The van der Waals surface area contributed by atoms with Crippen molar-refractivity contribution in [3.8, 4) is 0 Å². The van der Waals surface area contributed by atoms with Crippen molar-refractivity contribution in [1.29, 1.82) is 0 Å². The summed E-state index contributed by atoms with van der Waals surface area (Å²) in [5.74, 6) is -0.180. The fourth-order valence-electron chi connectivity index (χ4n) is 4.40. The fraction of sp³-hybridized carbons (Fsp3) is 0.571. The number of carbonyl (C=O) groups is 3. The molecule has 1 aliphatic carbocycles. The van der Waals surface area contributed by atoms with Crippen molar-refractivity contribution in [2.45, 2.75) is 57.5 Å². The molecular formula is C21H27N3O3. The van der Waals surface area contributed by atoms with Crippen LogP contribution >= 0.6 is 0 Å². The van der Waals surface area contributed by atoms with Crippen molar-refractivity contribution < 1.29 is 14.4 Å². The lowest BCUT2D eigenvalue weighted by Crippen LogP contribution is -2.48. The van der Waals surface area contributed by atoms with Gasteiger partial charge in [0.25, 0.3) is 5.91 Å². The van der Waals surface area contributed by atoms with Crippen LogP contribution in [0.4, 0.5) is 4.79 Å². The minimum Gasteiger partial charge on any atom is -0.338 e. The third-order valence-corrected chi connectivity index (χ3v) is 6.28. The largest absolute Gasteiger partial charge is 0.338 e. The molecule has 2 saturated heterocycles. The summed E-state index contributed by atoms with van der Waals surface area (Å²) in [5, 5.41) is 2.81. The van der Waals surface area contributed by atoms with E-state index in [2.05, 4.69) is 36.5 Å². The molecule has 2 aliphatic heterocycles. The average molecular weight is 369 g/mol. The van der Waals surface area contributed by atoms with Crippen molar-refractivity contribution in [1.82, 2.24) is 15.1 Å². The zero-order chi connectivity index (χ0) is 19.2. The second kappa shape index (κ2) is 6.66. The van der Waals surface area contributed by atoms with Gasteiger partial charge in [0.05, 0.1) is 0 Å². The third-order valence-electron chi connectivity index (χ3n) is 6.28. The van der Waals surface area contributed by atoms with E-state index >= 15 is 0 Å². The van der Waals surface area contributed by atoms with Gasteiger partial charge in [-0.15, -0.1) is 0 Å². The van der Waals surface area contributed by atoms with Crippen LogP contribution in [-0.4, -0.2) is 52.3 Å². The zero-order valence-corrected chi connectivity index (χ0v) is 16.0. The highest BCUT2D eigenvalue weighted by Gasteiger charge is 2.56. The Kier molecular flexibility index (Phi) is 4.44. The number of aryl methyl sites for hydroxylation is 1. The summed E-state index contributed by atoms with van der Waals surface area (Å²) in [6.45, 7) is 4.38. The third kappa shape index (κ3) is 3.33. The van der Waals surface area contributed by atoms with E-state index < -0.39 is 11.6 Å². The Morgan fingerprint density at radius 3 is 2.56 bits per heavy atom. The van der Waals surface area contributed by atoms with Gasteiger partial charge in [-0.1, -0.05) is 29.8 Å². The minimum absolute atomic E-state index is 0.131. The molecule has 6 heteroatoms. The van der Waals surface area contributed by atoms with E-state index in [4.69, 9.17) is 0 Å². The molecule has 1 aromatic rings. The first-order chi connectivity index (χ1) is 12.9. The monoisotopic (exact) mass is 369 g/mol. The van der Waals surface area contributed by atoms with Crippen molar-refractivity contribution in [3.05, 3.63) is 35.4 Å². The maximum Gasteiger partial charge on any atom is 0.325 e. The number of imide groups is 1. The van der Waals surface area contributed by atoms with Gasteiger partial charge in [0.2, 0.25) is 5.91 Å². The topological polar surface area (TPSA) is 69.7 Å². The Morgan fingerprint density at radius 1 is 1.19 bits per heavy atom. The van der Waals surface area contributed by atoms with Gasteiger partial charge in [0, 0.05) is 12.6 Å². The standard InChI is InChI=1S/C21H27N3O3/c1-14-5-7-15(8-6-14)12-17-4-3-11-23(17)18(25)13-24-19(26)21(2,16-9-10-16)22-20(24)27/h5-8,16-17H,3-4,9-13H2,1-2H3,(H,22,27). The van der Waals surface area contributed by atoms with Gasteiger partial charge in [0.1, 0.15) is 12.1 Å². The summed E-state index contributed by atoms with van der Waals surface area (Å²) >= 11 is 0. The molecule has 0 radical (unpaired) electrons. The van der Waals surface area contributed by atoms with Crippen LogP contribution in [0.5, 0.6) is 0 Å². The molecule has 0 spiro atoms. The molecule has 0 bridgehead atoms. The number of amides is 4. The number of benzene rings is 1. The molecule has 0 aromatic heterocycles. The van der Waals surface area contributed by atoms with Crippen LogP contribution in [0.25, 0.3) is 0 Å². The smallest absolute Gasteiger partial charge is 0.325 e. The molecule has 3 aliphatic rings. The molecule has 3 fully saturated rings. The predicted molar refractivity (Wildman–Crippen MR) is 101 cm³/mol. The Balaban J connectivity index is 1.42. The molecule has 4 rings (SSSR count). The van der Waals surface area contributed by atoms with E-state index in [0.717, 1.165) is 37.0 Å². The van der Waals surface area contributed by atoms with E-state index in [0.29, 0.717) is 6.54 Å². The Bertz CT molecular complexity index is 771. The van der Waals surface area contributed by atoms with Crippen molar-refractivity contribution in [2.24, 2.45) is 5.92 Å². The minimum atomic E-state index is -0.830. The SMILES string of the molecule is Cc1ccc(CC2CCCN2C(=O)CN2C(=O)NC(C)(C3CC3)C2=O)cc1. The fourth-order valence-corrected chi connectivity index (χ4v) is 4.40. The molecule has 144 valence electrons. The number of likely N-dealkylation sites (tertiary alicyclic amines) is 1. The number of carbonyl (C=O) groups excluding carboxylic acids is 3. The van der Waals surface area contributed by atoms with Crippen LogP contribution in [0.3, 0.4) is 0 Å². The molecule has 2 atom stereocenters. The number of hydrogen-bond acceptors (Lipinski definition) is 3. The molecule has 2 unspecified atom stereocenters. The second-order valence-electron chi connectivity index (χ2n) is 8.37. The summed E-state index contributed by atoms with van der Waals surface area (Å²) in [4.78, 5) is 40.9. The van der Waals surface area contributed by atoms with Gasteiger partial charge >= 0.3 is 6.03 Å². The quantitative estimate of drug-likeness (QED) is 0.810. The van der Waals surface area contributed by atoms with Crippen LogP contribution in [0.15, 0.2) is 24.3 Å². The van der Waals surface area contributed by atoms with E-state index in [1.54, 1.807) is 6.92 Å². The number of nitrogens with zero attached hydrogens (tertiary/aromatic N) is 2. The van der Waals surface area contributed by atoms with Gasteiger partial charge in [-0.25, -0.2) is 4.79 Å². The average Bonchev–Trinajstić information content (AvgIpc) is 3.36. The van der Waals surface area contributed by atoms with E-state index in [1.807, 2.05) is 4.90 Å². The van der Waals surface area contributed by atoms with Crippen LogP contribution < -0.4 is 5.32 Å². The first kappa shape index (κ1) is 18.0. The molecule has 6 nitrogen and oxygen atoms in total. The maximum atomic E-state index is 12.9. The lowest BCUT2D eigenvalue weighted by molar-refractivity contribution is -0.139. The molecule has 1 N–H and O–H groups in total. The maximum absolute atomic E-state index is 12.9. The lowest BCUT2D eigenvalue weighted by atomic mass is 9.96. The van der Waals surface area contributed by atoms with Crippen molar-refractivity contribution in [3.63, 3.8) is 0 Å². The summed E-state index contributed by atoms with van der Waals surface area (Å²) in [6.07, 6.45) is 4.64. The number of hydrogen-bond donors (Lipinski definition) is 1. The van der Waals surface area contributed by atoms with Crippen LogP contribution in [-0.2, 0) is 16.0 Å². The molecule has 27 heavy (non-hydrogen) atoms. The molecule has 1 aromatic carbocycles. The first-order valence-corrected chi connectivity index (χ1v) is 9.87. The van der Waals surface area contributed by atoms with Gasteiger partial charge in [-0.3, -0.25) is 14.5 Å². The van der Waals surface area contributed by atoms with E-state index in [9.17, 15) is 14.4 Å². The predicted octanol–water partition coefficient (Wildman–Crippen LogP) is 2.25.